The van der Waals surface area contributed by atoms with Gasteiger partial charge in [0.05, 0.1) is 18.6 Å². The summed E-state index contributed by atoms with van der Waals surface area (Å²) in [6.07, 6.45) is -4.35. The van der Waals surface area contributed by atoms with E-state index >= 15 is 0 Å². The van der Waals surface area contributed by atoms with Crippen molar-refractivity contribution in [2.45, 2.75) is 30.2 Å². The summed E-state index contributed by atoms with van der Waals surface area (Å²) in [4.78, 5) is 11.8. The molecule has 0 aliphatic heterocycles. The first-order valence-corrected chi connectivity index (χ1v) is 6.55. The first-order valence-electron chi connectivity index (χ1n) is 5.67. The number of halogens is 3. The summed E-state index contributed by atoms with van der Waals surface area (Å²) in [6, 6.07) is 5.07. The molecule has 0 bridgehead atoms. The van der Waals surface area contributed by atoms with Gasteiger partial charge in [-0.25, -0.2) is 0 Å². The molecule has 19 heavy (non-hydrogen) atoms. The first-order chi connectivity index (χ1) is 8.75. The minimum Gasteiger partial charge on any atom is -0.469 e. The van der Waals surface area contributed by atoms with Crippen LogP contribution in [-0.4, -0.2) is 18.3 Å². The maximum Gasteiger partial charge on any atom is 0.416 e. The quantitative estimate of drug-likeness (QED) is 0.620. The van der Waals surface area contributed by atoms with Gasteiger partial charge in [-0.3, -0.25) is 4.79 Å². The summed E-state index contributed by atoms with van der Waals surface area (Å²) in [7, 11) is 1.29. The average molecular weight is 292 g/mol. The monoisotopic (exact) mass is 292 g/mol. The third kappa shape index (κ3) is 4.45. The number of hydrogen-bond donors (Lipinski definition) is 0. The first kappa shape index (κ1) is 15.9. The summed E-state index contributed by atoms with van der Waals surface area (Å²) < 4.78 is 42.3. The van der Waals surface area contributed by atoms with Gasteiger partial charge in [-0.1, -0.05) is 19.9 Å². The van der Waals surface area contributed by atoms with E-state index in [1.807, 2.05) is 0 Å². The van der Waals surface area contributed by atoms with Crippen molar-refractivity contribution >= 4 is 17.7 Å². The Kier molecular flexibility index (Phi) is 5.29. The smallest absolute Gasteiger partial charge is 0.416 e. The molecule has 0 fully saturated rings. The highest BCUT2D eigenvalue weighted by Crippen LogP contribution is 2.34. The van der Waals surface area contributed by atoms with Crippen LogP contribution in [0.3, 0.4) is 0 Å². The Balaban J connectivity index is 2.80. The zero-order valence-corrected chi connectivity index (χ0v) is 11.6. The number of ether oxygens (including phenoxy) is 1. The van der Waals surface area contributed by atoms with E-state index in [1.54, 1.807) is 19.9 Å². The van der Waals surface area contributed by atoms with Crippen LogP contribution in [0.4, 0.5) is 13.2 Å². The van der Waals surface area contributed by atoms with E-state index in [1.165, 1.54) is 24.9 Å². The van der Waals surface area contributed by atoms with Crippen LogP contribution in [0, 0.1) is 5.92 Å². The van der Waals surface area contributed by atoms with Gasteiger partial charge in [0, 0.05) is 10.1 Å². The third-order valence-electron chi connectivity index (χ3n) is 2.76. The molecule has 2 unspecified atom stereocenters. The van der Waals surface area contributed by atoms with Crippen LogP contribution in [-0.2, 0) is 15.7 Å². The molecule has 0 amide bonds. The maximum atomic E-state index is 12.6. The van der Waals surface area contributed by atoms with Crippen molar-refractivity contribution in [2.75, 3.05) is 7.11 Å². The fourth-order valence-corrected chi connectivity index (χ4v) is 2.54. The molecule has 0 heterocycles. The molecule has 2 nitrogen and oxygen atoms in total. The van der Waals surface area contributed by atoms with Crippen LogP contribution in [0.1, 0.15) is 19.4 Å². The van der Waals surface area contributed by atoms with Crippen LogP contribution in [0.2, 0.25) is 0 Å². The Bertz CT molecular complexity index is 446. The summed E-state index contributed by atoms with van der Waals surface area (Å²) in [5.74, 6) is -0.753. The molecule has 0 aromatic heterocycles. The van der Waals surface area contributed by atoms with E-state index in [9.17, 15) is 18.0 Å². The SMILES string of the molecule is COC(=O)C(C)C(C)Sc1cccc(C(F)(F)F)c1. The van der Waals surface area contributed by atoms with E-state index in [4.69, 9.17) is 0 Å². The molecule has 106 valence electrons. The van der Waals surface area contributed by atoms with Gasteiger partial charge in [0.2, 0.25) is 0 Å². The lowest BCUT2D eigenvalue weighted by Gasteiger charge is -2.17. The van der Waals surface area contributed by atoms with E-state index < -0.39 is 11.7 Å². The average Bonchev–Trinajstić information content (AvgIpc) is 2.36. The number of thioether (sulfide) groups is 1. The van der Waals surface area contributed by atoms with Crippen LogP contribution >= 0.6 is 11.8 Å². The Morgan fingerprint density at radius 1 is 1.32 bits per heavy atom. The molecule has 2 atom stereocenters. The van der Waals surface area contributed by atoms with E-state index in [-0.39, 0.29) is 17.1 Å². The van der Waals surface area contributed by atoms with Crippen LogP contribution in [0.5, 0.6) is 0 Å². The van der Waals surface area contributed by atoms with Gasteiger partial charge in [0.1, 0.15) is 0 Å². The van der Waals surface area contributed by atoms with E-state index in [0.717, 1.165) is 12.1 Å². The Hall–Kier alpha value is -1.17. The predicted octanol–water partition coefficient (Wildman–Crippen LogP) is 4.00. The van der Waals surface area contributed by atoms with Gasteiger partial charge in [0.15, 0.2) is 0 Å². The maximum absolute atomic E-state index is 12.6. The molecule has 6 heteroatoms. The minimum atomic E-state index is -4.35. The summed E-state index contributed by atoms with van der Waals surface area (Å²) in [5, 5.41) is -0.170. The highest BCUT2D eigenvalue weighted by atomic mass is 32.2. The number of carbonyl (C=O) groups excluding carboxylic acids is 1. The van der Waals surface area contributed by atoms with Crippen molar-refractivity contribution in [2.24, 2.45) is 5.92 Å². The van der Waals surface area contributed by atoms with Gasteiger partial charge in [-0.15, -0.1) is 11.8 Å². The Labute approximate surface area is 114 Å². The van der Waals surface area contributed by atoms with Gasteiger partial charge in [-0.05, 0) is 18.2 Å². The molecule has 0 N–H and O–H groups in total. The third-order valence-corrected chi connectivity index (χ3v) is 4.07. The Morgan fingerprint density at radius 3 is 2.47 bits per heavy atom. The zero-order chi connectivity index (χ0) is 14.6. The van der Waals surface area contributed by atoms with Crippen LogP contribution in [0.25, 0.3) is 0 Å². The molecular formula is C13H15F3O2S. The predicted molar refractivity (Wildman–Crippen MR) is 67.9 cm³/mol. The van der Waals surface area contributed by atoms with Crippen molar-refractivity contribution in [3.05, 3.63) is 29.8 Å². The van der Waals surface area contributed by atoms with Gasteiger partial charge < -0.3 is 4.74 Å². The lowest BCUT2D eigenvalue weighted by Crippen LogP contribution is -2.21. The van der Waals surface area contributed by atoms with Gasteiger partial charge in [-0.2, -0.15) is 13.2 Å². The number of methoxy groups -OCH3 is 1. The molecule has 0 aliphatic carbocycles. The molecule has 1 rings (SSSR count). The molecule has 0 radical (unpaired) electrons. The number of benzene rings is 1. The molecule has 0 aliphatic rings. The van der Waals surface area contributed by atoms with Crippen molar-refractivity contribution in [1.29, 1.82) is 0 Å². The van der Waals surface area contributed by atoms with Crippen LogP contribution < -0.4 is 0 Å². The topological polar surface area (TPSA) is 26.3 Å². The molecule has 0 spiro atoms. The van der Waals surface area contributed by atoms with Gasteiger partial charge >= 0.3 is 12.1 Å². The molecular weight excluding hydrogens is 277 g/mol. The lowest BCUT2D eigenvalue weighted by atomic mass is 10.1. The fraction of sp³-hybridized carbons (Fsp3) is 0.462. The largest absolute Gasteiger partial charge is 0.469 e. The van der Waals surface area contributed by atoms with Crippen molar-refractivity contribution < 1.29 is 22.7 Å². The second kappa shape index (κ2) is 6.32. The second-order valence-corrected chi connectivity index (χ2v) is 5.61. The fourth-order valence-electron chi connectivity index (χ4n) is 1.44. The second-order valence-electron chi connectivity index (χ2n) is 4.16. The molecule has 0 saturated carbocycles. The number of hydrogen-bond acceptors (Lipinski definition) is 3. The summed E-state index contributed by atoms with van der Waals surface area (Å²) in [6.45, 7) is 3.48. The van der Waals surface area contributed by atoms with Crippen molar-refractivity contribution in [3.63, 3.8) is 0 Å². The molecule has 1 aromatic carbocycles. The number of alkyl halides is 3. The molecule has 1 aromatic rings. The zero-order valence-electron chi connectivity index (χ0n) is 10.8. The van der Waals surface area contributed by atoms with Crippen LogP contribution in [0.15, 0.2) is 29.2 Å². The standard InChI is InChI=1S/C13H15F3O2S/c1-8(12(17)18-3)9(2)19-11-6-4-5-10(7-11)13(14,15)16/h4-9H,1-3H3. The molecule has 0 saturated heterocycles. The number of carbonyl (C=O) groups is 1. The number of rotatable bonds is 4. The number of esters is 1. The minimum absolute atomic E-state index is 0.170. The van der Waals surface area contributed by atoms with E-state index in [0.29, 0.717) is 4.90 Å². The van der Waals surface area contributed by atoms with E-state index in [2.05, 4.69) is 4.74 Å². The Morgan fingerprint density at radius 2 is 1.95 bits per heavy atom. The summed E-state index contributed by atoms with van der Waals surface area (Å²) >= 11 is 1.22. The summed E-state index contributed by atoms with van der Waals surface area (Å²) in [5.41, 5.74) is -0.685. The van der Waals surface area contributed by atoms with Crippen molar-refractivity contribution in [3.8, 4) is 0 Å². The highest BCUT2D eigenvalue weighted by molar-refractivity contribution is 8.00. The highest BCUT2D eigenvalue weighted by Gasteiger charge is 2.30. The lowest BCUT2D eigenvalue weighted by molar-refractivity contribution is -0.144. The normalized spacial score (nSPS) is 14.8. The van der Waals surface area contributed by atoms with Gasteiger partial charge in [0.25, 0.3) is 0 Å². The van der Waals surface area contributed by atoms with Crippen molar-refractivity contribution in [1.82, 2.24) is 0 Å².